The van der Waals surface area contributed by atoms with E-state index in [-0.39, 0.29) is 6.54 Å². The summed E-state index contributed by atoms with van der Waals surface area (Å²) in [6.07, 6.45) is -5.06. The number of benzene rings is 1. The first-order chi connectivity index (χ1) is 10.5. The molecule has 0 unspecified atom stereocenters. The van der Waals surface area contributed by atoms with E-state index < -0.39 is 12.6 Å². The summed E-state index contributed by atoms with van der Waals surface area (Å²) in [4.78, 5) is 3.91. The second-order valence-corrected chi connectivity index (χ2v) is 4.62. The average molecular weight is 317 g/mol. The predicted molar refractivity (Wildman–Crippen MR) is 80.6 cm³/mol. The number of hydrogen-bond donors (Lipinski definition) is 2. The lowest BCUT2D eigenvalue weighted by molar-refractivity contribution is -0.132. The molecule has 0 fully saturated rings. The molecule has 124 valence electrons. The van der Waals surface area contributed by atoms with E-state index >= 15 is 0 Å². The number of aliphatic imine (C=N–C) groups is 1. The second-order valence-electron chi connectivity index (χ2n) is 4.62. The Morgan fingerprint density at radius 3 is 2.45 bits per heavy atom. The first kappa shape index (κ1) is 18.3. The molecule has 7 heteroatoms. The number of nitrogens with zero attached hydrogens (tertiary/aromatic N) is 1. The molecule has 0 amide bonds. The van der Waals surface area contributed by atoms with Crippen molar-refractivity contribution in [2.75, 3.05) is 20.2 Å². The summed E-state index contributed by atoms with van der Waals surface area (Å²) in [7, 11) is 1.52. The van der Waals surface area contributed by atoms with Gasteiger partial charge in [-0.3, -0.25) is 4.99 Å². The smallest absolute Gasteiger partial charge is 0.377 e. The van der Waals surface area contributed by atoms with E-state index in [9.17, 15) is 13.2 Å². The highest BCUT2D eigenvalue weighted by Gasteiger charge is 2.26. The van der Waals surface area contributed by atoms with Gasteiger partial charge in [-0.1, -0.05) is 24.3 Å². The Hall–Kier alpha value is -1.76. The molecule has 0 aliphatic carbocycles. The number of hydrogen-bond acceptors (Lipinski definition) is 2. The van der Waals surface area contributed by atoms with Crippen LogP contribution in [0.2, 0.25) is 0 Å². The highest BCUT2D eigenvalue weighted by molar-refractivity contribution is 5.79. The van der Waals surface area contributed by atoms with Gasteiger partial charge in [-0.05, 0) is 18.1 Å². The Balaban J connectivity index is 2.49. The van der Waals surface area contributed by atoms with Crippen LogP contribution in [0.25, 0.3) is 0 Å². The van der Waals surface area contributed by atoms with E-state index in [4.69, 9.17) is 4.74 Å². The van der Waals surface area contributed by atoms with Gasteiger partial charge in [0.25, 0.3) is 0 Å². The summed E-state index contributed by atoms with van der Waals surface area (Å²) in [6.45, 7) is 3.32. The van der Waals surface area contributed by atoms with Crippen LogP contribution in [0, 0.1) is 0 Å². The van der Waals surface area contributed by atoms with Crippen LogP contribution in [0.15, 0.2) is 29.3 Å². The van der Waals surface area contributed by atoms with Crippen LogP contribution in [0.4, 0.5) is 13.2 Å². The molecule has 0 aliphatic heterocycles. The summed E-state index contributed by atoms with van der Waals surface area (Å²) < 4.78 is 41.8. The largest absolute Gasteiger partial charge is 0.390 e. The van der Waals surface area contributed by atoms with Gasteiger partial charge in [0.15, 0.2) is 5.96 Å². The lowest BCUT2D eigenvalue weighted by atomic mass is 10.1. The van der Waals surface area contributed by atoms with E-state index in [1.807, 2.05) is 31.2 Å². The molecule has 1 aromatic carbocycles. The standard InChI is InChI=1S/C15H22F3N3O/c1-3-22-11-13-7-5-4-6-12(13)10-21-14(19-2)20-9-8-15(16,17)18/h4-7H,3,8-11H2,1-2H3,(H2,19,20,21). The van der Waals surface area contributed by atoms with Gasteiger partial charge >= 0.3 is 6.18 Å². The number of nitrogens with one attached hydrogen (secondary N) is 2. The van der Waals surface area contributed by atoms with Crippen molar-refractivity contribution in [1.29, 1.82) is 0 Å². The normalized spacial score (nSPS) is 12.3. The maximum atomic E-state index is 12.1. The molecule has 0 heterocycles. The summed E-state index contributed by atoms with van der Waals surface area (Å²) in [5.74, 6) is 0.343. The molecule has 0 saturated heterocycles. The zero-order valence-electron chi connectivity index (χ0n) is 12.8. The molecule has 0 spiro atoms. The Labute approximate surface area is 128 Å². The molecular formula is C15H22F3N3O. The maximum absolute atomic E-state index is 12.1. The molecule has 4 nitrogen and oxygen atoms in total. The van der Waals surface area contributed by atoms with E-state index in [0.717, 1.165) is 11.1 Å². The van der Waals surface area contributed by atoms with Crippen molar-refractivity contribution in [3.05, 3.63) is 35.4 Å². The van der Waals surface area contributed by atoms with Crippen LogP contribution < -0.4 is 10.6 Å². The number of halogens is 3. The molecule has 0 radical (unpaired) electrons. The van der Waals surface area contributed by atoms with Crippen molar-refractivity contribution in [1.82, 2.24) is 10.6 Å². The van der Waals surface area contributed by atoms with Crippen LogP contribution >= 0.6 is 0 Å². The molecule has 2 N–H and O–H groups in total. The van der Waals surface area contributed by atoms with Crippen molar-refractivity contribution in [2.24, 2.45) is 4.99 Å². The third-order valence-electron chi connectivity index (χ3n) is 2.95. The van der Waals surface area contributed by atoms with E-state index in [1.165, 1.54) is 7.05 Å². The predicted octanol–water partition coefficient (Wildman–Crippen LogP) is 2.84. The van der Waals surface area contributed by atoms with Crippen molar-refractivity contribution in [3.8, 4) is 0 Å². The highest BCUT2D eigenvalue weighted by Crippen LogP contribution is 2.18. The van der Waals surface area contributed by atoms with Crippen molar-refractivity contribution >= 4 is 5.96 Å². The Kier molecular flexibility index (Phi) is 7.73. The van der Waals surface area contributed by atoms with Gasteiger partial charge in [-0.15, -0.1) is 0 Å². The Bertz CT molecular complexity index is 475. The highest BCUT2D eigenvalue weighted by atomic mass is 19.4. The fraction of sp³-hybridized carbons (Fsp3) is 0.533. The van der Waals surface area contributed by atoms with E-state index in [1.54, 1.807) is 0 Å². The van der Waals surface area contributed by atoms with Crippen molar-refractivity contribution < 1.29 is 17.9 Å². The molecule has 1 rings (SSSR count). The Morgan fingerprint density at radius 2 is 1.86 bits per heavy atom. The van der Waals surface area contributed by atoms with Crippen LogP contribution in [-0.4, -0.2) is 32.3 Å². The summed E-state index contributed by atoms with van der Waals surface area (Å²) in [5.41, 5.74) is 2.07. The van der Waals surface area contributed by atoms with E-state index in [0.29, 0.717) is 25.7 Å². The van der Waals surface area contributed by atoms with Gasteiger partial charge in [0, 0.05) is 26.7 Å². The molecular weight excluding hydrogens is 295 g/mol. The molecule has 0 aliphatic rings. The zero-order chi connectivity index (χ0) is 16.4. The van der Waals surface area contributed by atoms with Gasteiger partial charge < -0.3 is 15.4 Å². The quantitative estimate of drug-likeness (QED) is 0.600. The lowest BCUT2D eigenvalue weighted by Crippen LogP contribution is -2.38. The van der Waals surface area contributed by atoms with Gasteiger partial charge in [0.2, 0.25) is 0 Å². The van der Waals surface area contributed by atoms with Crippen LogP contribution in [0.1, 0.15) is 24.5 Å². The molecule has 0 atom stereocenters. The van der Waals surface area contributed by atoms with Crippen LogP contribution in [-0.2, 0) is 17.9 Å². The molecule has 1 aromatic rings. The Morgan fingerprint density at radius 1 is 1.18 bits per heavy atom. The summed E-state index contributed by atoms with van der Waals surface area (Å²) >= 11 is 0. The maximum Gasteiger partial charge on any atom is 0.390 e. The third-order valence-corrected chi connectivity index (χ3v) is 2.95. The monoisotopic (exact) mass is 317 g/mol. The second kappa shape index (κ2) is 9.30. The fourth-order valence-electron chi connectivity index (χ4n) is 1.80. The lowest BCUT2D eigenvalue weighted by Gasteiger charge is -2.15. The first-order valence-electron chi connectivity index (χ1n) is 7.12. The van der Waals surface area contributed by atoms with Gasteiger partial charge in [0.05, 0.1) is 13.0 Å². The molecule has 0 aromatic heterocycles. The molecule has 22 heavy (non-hydrogen) atoms. The summed E-state index contributed by atoms with van der Waals surface area (Å²) in [6, 6.07) is 7.75. The number of guanidine groups is 1. The minimum atomic E-state index is -4.17. The number of rotatable bonds is 7. The topological polar surface area (TPSA) is 45.6 Å². The SMILES string of the molecule is CCOCc1ccccc1CNC(=NC)NCCC(F)(F)F. The number of alkyl halides is 3. The van der Waals surface area contributed by atoms with Gasteiger partial charge in [0.1, 0.15) is 0 Å². The van der Waals surface area contributed by atoms with Crippen LogP contribution in [0.3, 0.4) is 0 Å². The average Bonchev–Trinajstić information content (AvgIpc) is 2.48. The minimum Gasteiger partial charge on any atom is -0.377 e. The fourth-order valence-corrected chi connectivity index (χ4v) is 1.80. The van der Waals surface area contributed by atoms with Crippen LogP contribution in [0.5, 0.6) is 0 Å². The summed E-state index contributed by atoms with van der Waals surface area (Å²) in [5, 5.41) is 5.65. The zero-order valence-corrected chi connectivity index (χ0v) is 12.8. The van der Waals surface area contributed by atoms with Crippen molar-refractivity contribution in [3.63, 3.8) is 0 Å². The molecule has 0 saturated carbocycles. The third kappa shape index (κ3) is 7.31. The van der Waals surface area contributed by atoms with Gasteiger partial charge in [-0.25, -0.2) is 0 Å². The van der Waals surface area contributed by atoms with Gasteiger partial charge in [-0.2, -0.15) is 13.2 Å². The first-order valence-corrected chi connectivity index (χ1v) is 7.12. The molecule has 0 bridgehead atoms. The van der Waals surface area contributed by atoms with Crippen molar-refractivity contribution in [2.45, 2.75) is 32.7 Å². The minimum absolute atomic E-state index is 0.205. The number of ether oxygens (including phenoxy) is 1. The van der Waals surface area contributed by atoms with E-state index in [2.05, 4.69) is 15.6 Å².